The lowest BCUT2D eigenvalue weighted by molar-refractivity contribution is -0.120. The van der Waals surface area contributed by atoms with Crippen molar-refractivity contribution < 1.29 is 22.5 Å². The van der Waals surface area contributed by atoms with Crippen molar-refractivity contribution in [3.63, 3.8) is 0 Å². The lowest BCUT2D eigenvalue weighted by Crippen LogP contribution is -2.53. The standard InChI is InChI=1S/C17H38O5Si2/c1-9-13-15(23(11-3,19-5)20-6)17(18)16(14-10-2)24(12-4,21-7)22-8/h15-16H,9-14H2,1-8H3. The molecule has 0 aliphatic heterocycles. The van der Waals surface area contributed by atoms with Crippen LogP contribution in [0.15, 0.2) is 0 Å². The fourth-order valence-electron chi connectivity index (χ4n) is 3.78. The first kappa shape index (κ1) is 23.9. The van der Waals surface area contributed by atoms with Gasteiger partial charge in [0.25, 0.3) is 0 Å². The highest BCUT2D eigenvalue weighted by Crippen LogP contribution is 2.42. The molecule has 144 valence electrons. The molecule has 0 amide bonds. The smallest absolute Gasteiger partial charge is 0.348 e. The van der Waals surface area contributed by atoms with Gasteiger partial charge in [-0.25, -0.2) is 0 Å². The lowest BCUT2D eigenvalue weighted by atomic mass is 10.1. The van der Waals surface area contributed by atoms with Gasteiger partial charge in [0, 0.05) is 28.4 Å². The first-order valence-corrected chi connectivity index (χ1v) is 13.4. The van der Waals surface area contributed by atoms with E-state index >= 15 is 0 Å². The minimum Gasteiger partial charge on any atom is -0.397 e. The molecule has 0 aliphatic rings. The maximum Gasteiger partial charge on any atom is 0.348 e. The molecule has 0 spiro atoms. The quantitative estimate of drug-likeness (QED) is 0.419. The normalized spacial score (nSPS) is 15.3. The summed E-state index contributed by atoms with van der Waals surface area (Å²) in [5.74, 6) is 0.230. The van der Waals surface area contributed by atoms with Gasteiger partial charge in [-0.1, -0.05) is 40.5 Å². The second-order valence-corrected chi connectivity index (χ2v) is 13.9. The molecule has 0 aromatic rings. The van der Waals surface area contributed by atoms with E-state index in [-0.39, 0.29) is 16.9 Å². The summed E-state index contributed by atoms with van der Waals surface area (Å²) < 4.78 is 23.4. The fraction of sp³-hybridized carbons (Fsp3) is 0.941. The molecule has 2 unspecified atom stereocenters. The Morgan fingerprint density at radius 3 is 1.17 bits per heavy atom. The zero-order chi connectivity index (χ0) is 18.8. The average molecular weight is 379 g/mol. The maximum absolute atomic E-state index is 13.6. The molecular weight excluding hydrogens is 340 g/mol. The van der Waals surface area contributed by atoms with Crippen LogP contribution in [-0.2, 0) is 22.5 Å². The van der Waals surface area contributed by atoms with Crippen LogP contribution in [0.1, 0.15) is 53.4 Å². The van der Waals surface area contributed by atoms with Crippen molar-refractivity contribution in [1.82, 2.24) is 0 Å². The molecule has 5 nitrogen and oxygen atoms in total. The molecule has 0 saturated carbocycles. The number of hydrogen-bond donors (Lipinski definition) is 0. The molecule has 0 aromatic carbocycles. The lowest BCUT2D eigenvalue weighted by Gasteiger charge is -2.39. The SMILES string of the molecule is CCCC(C(=O)C(CCC)[Si](CC)(OC)OC)[Si](CC)(OC)OC. The molecule has 7 heteroatoms. The van der Waals surface area contributed by atoms with Gasteiger partial charge in [0.1, 0.15) is 5.78 Å². The van der Waals surface area contributed by atoms with Crippen LogP contribution in [-0.4, -0.2) is 51.3 Å². The fourth-order valence-corrected chi connectivity index (χ4v) is 10.3. The third kappa shape index (κ3) is 4.98. The third-order valence-electron chi connectivity index (χ3n) is 5.27. The Labute approximate surface area is 150 Å². The Kier molecular flexibility index (Phi) is 11.5. The Balaban J connectivity index is 5.94. The van der Waals surface area contributed by atoms with E-state index in [9.17, 15) is 4.79 Å². The van der Waals surface area contributed by atoms with Crippen LogP contribution in [0.5, 0.6) is 0 Å². The summed E-state index contributed by atoms with van der Waals surface area (Å²) >= 11 is 0. The Morgan fingerprint density at radius 1 is 0.708 bits per heavy atom. The predicted molar refractivity (Wildman–Crippen MR) is 103 cm³/mol. The van der Waals surface area contributed by atoms with Crippen molar-refractivity contribution >= 4 is 22.9 Å². The summed E-state index contributed by atoms with van der Waals surface area (Å²) in [4.78, 5) is 13.6. The monoisotopic (exact) mass is 378 g/mol. The number of Topliss-reactive ketones (excluding diaryl/α,β-unsaturated/α-hetero) is 1. The number of hydrogen-bond acceptors (Lipinski definition) is 5. The van der Waals surface area contributed by atoms with E-state index < -0.39 is 17.1 Å². The minimum absolute atomic E-state index is 0.178. The molecule has 2 atom stereocenters. The number of ketones is 1. The molecule has 0 saturated heterocycles. The third-order valence-corrected chi connectivity index (χ3v) is 13.3. The Hall–Kier alpha value is -0.0562. The van der Waals surface area contributed by atoms with Gasteiger partial charge in [-0.15, -0.1) is 0 Å². The molecule has 24 heavy (non-hydrogen) atoms. The zero-order valence-electron chi connectivity index (χ0n) is 16.9. The van der Waals surface area contributed by atoms with Crippen molar-refractivity contribution in [1.29, 1.82) is 0 Å². The topological polar surface area (TPSA) is 54.0 Å². The summed E-state index contributed by atoms with van der Waals surface area (Å²) in [5.41, 5.74) is -0.356. The van der Waals surface area contributed by atoms with E-state index in [1.807, 2.05) is 0 Å². The first-order chi connectivity index (χ1) is 11.4. The zero-order valence-corrected chi connectivity index (χ0v) is 18.9. The van der Waals surface area contributed by atoms with E-state index in [1.54, 1.807) is 28.4 Å². The summed E-state index contributed by atoms with van der Waals surface area (Å²) in [5, 5.41) is 0. The number of carbonyl (C=O) groups is 1. The van der Waals surface area contributed by atoms with E-state index in [1.165, 1.54) is 0 Å². The van der Waals surface area contributed by atoms with Gasteiger partial charge >= 0.3 is 17.1 Å². The molecular formula is C17H38O5Si2. The maximum atomic E-state index is 13.6. The van der Waals surface area contributed by atoms with E-state index in [0.717, 1.165) is 37.8 Å². The van der Waals surface area contributed by atoms with Gasteiger partial charge in [0.05, 0.1) is 11.1 Å². The first-order valence-electron chi connectivity index (χ1n) is 9.16. The van der Waals surface area contributed by atoms with E-state index in [2.05, 4.69) is 27.7 Å². The van der Waals surface area contributed by atoms with Crippen LogP contribution in [0.3, 0.4) is 0 Å². The van der Waals surface area contributed by atoms with Gasteiger partial charge in [-0.2, -0.15) is 0 Å². The van der Waals surface area contributed by atoms with Crippen LogP contribution in [0, 0.1) is 0 Å². The summed E-state index contributed by atoms with van der Waals surface area (Å²) in [6.07, 6.45) is 3.44. The minimum atomic E-state index is -2.58. The van der Waals surface area contributed by atoms with Gasteiger partial charge < -0.3 is 17.7 Å². The Morgan fingerprint density at radius 2 is 1.00 bits per heavy atom. The van der Waals surface area contributed by atoms with E-state index in [0.29, 0.717) is 0 Å². The van der Waals surface area contributed by atoms with Gasteiger partial charge in [-0.3, -0.25) is 4.79 Å². The highest BCUT2D eigenvalue weighted by molar-refractivity contribution is 6.77. The second kappa shape index (κ2) is 11.5. The molecule has 0 fully saturated rings. The van der Waals surface area contributed by atoms with Gasteiger partial charge in [0.15, 0.2) is 0 Å². The number of carbonyl (C=O) groups excluding carboxylic acids is 1. The van der Waals surface area contributed by atoms with Crippen LogP contribution in [0.25, 0.3) is 0 Å². The summed E-state index contributed by atoms with van der Waals surface area (Å²) in [6, 6.07) is 1.52. The predicted octanol–water partition coefficient (Wildman–Crippen LogP) is 4.41. The van der Waals surface area contributed by atoms with Crippen LogP contribution >= 0.6 is 0 Å². The molecule has 0 radical (unpaired) electrons. The molecule has 0 aromatic heterocycles. The van der Waals surface area contributed by atoms with Gasteiger partial charge in [-0.05, 0) is 24.9 Å². The molecule has 0 aliphatic carbocycles. The average Bonchev–Trinajstić information content (AvgIpc) is 2.63. The van der Waals surface area contributed by atoms with Crippen LogP contribution in [0.2, 0.25) is 23.2 Å². The van der Waals surface area contributed by atoms with Crippen molar-refractivity contribution in [3.8, 4) is 0 Å². The largest absolute Gasteiger partial charge is 0.397 e. The molecule has 0 heterocycles. The second-order valence-electron chi connectivity index (χ2n) is 6.23. The highest BCUT2D eigenvalue weighted by atomic mass is 28.4. The van der Waals surface area contributed by atoms with Crippen molar-refractivity contribution in [2.24, 2.45) is 0 Å². The molecule has 0 N–H and O–H groups in total. The Bertz CT molecular complexity index is 308. The van der Waals surface area contributed by atoms with Crippen molar-refractivity contribution in [2.75, 3.05) is 28.4 Å². The molecule has 0 rings (SSSR count). The summed E-state index contributed by atoms with van der Waals surface area (Å²) in [7, 11) is 1.57. The van der Waals surface area contributed by atoms with E-state index in [4.69, 9.17) is 17.7 Å². The van der Waals surface area contributed by atoms with Gasteiger partial charge in [0.2, 0.25) is 0 Å². The highest BCUT2D eigenvalue weighted by Gasteiger charge is 2.54. The van der Waals surface area contributed by atoms with Crippen LogP contribution < -0.4 is 0 Å². The number of rotatable bonds is 14. The van der Waals surface area contributed by atoms with Crippen LogP contribution in [0.4, 0.5) is 0 Å². The molecule has 0 bridgehead atoms. The summed E-state index contributed by atoms with van der Waals surface area (Å²) in [6.45, 7) is 8.32. The van der Waals surface area contributed by atoms with Crippen molar-refractivity contribution in [3.05, 3.63) is 0 Å². The van der Waals surface area contributed by atoms with Crippen molar-refractivity contribution in [2.45, 2.75) is 76.5 Å².